The van der Waals surface area contributed by atoms with Gasteiger partial charge >= 0.3 is 5.97 Å². The lowest BCUT2D eigenvalue weighted by Crippen LogP contribution is -2.46. The first kappa shape index (κ1) is 24.4. The third-order valence-electron chi connectivity index (χ3n) is 6.20. The van der Waals surface area contributed by atoms with Gasteiger partial charge in [0, 0.05) is 37.6 Å². The smallest absolute Gasteiger partial charge is 0.337 e. The van der Waals surface area contributed by atoms with Crippen LogP contribution < -0.4 is 19.3 Å². The SMILES string of the molecule is CCc1ccccc1S(=O)(=O)Nc1ccc(N2CCN(c3ccc(OC)cc3)CC2)cc1C(=O)O. The Bertz CT molecular complexity index is 1300. The van der Waals surface area contributed by atoms with Crippen LogP contribution in [0.25, 0.3) is 0 Å². The standard InChI is InChI=1S/C26H29N3O5S/c1-3-19-6-4-5-7-25(19)35(32,33)27-24-13-10-21(18-23(24)26(30)31)29-16-14-28(15-17-29)20-8-11-22(34-2)12-9-20/h4-13,18,27H,3,14-17H2,1-2H3,(H,30,31). The fourth-order valence-corrected chi connectivity index (χ4v) is 5.66. The van der Waals surface area contributed by atoms with Gasteiger partial charge in [0.05, 0.1) is 23.3 Å². The van der Waals surface area contributed by atoms with Gasteiger partial charge in [-0.2, -0.15) is 0 Å². The molecule has 4 rings (SSSR count). The van der Waals surface area contributed by atoms with Crippen molar-refractivity contribution in [1.29, 1.82) is 0 Å². The maximum Gasteiger partial charge on any atom is 0.337 e. The first-order valence-corrected chi connectivity index (χ1v) is 12.9. The molecule has 1 heterocycles. The second-order valence-corrected chi connectivity index (χ2v) is 9.92. The number of methoxy groups -OCH3 is 1. The zero-order valence-electron chi connectivity index (χ0n) is 19.8. The van der Waals surface area contributed by atoms with Crippen LogP contribution in [0.2, 0.25) is 0 Å². The number of ether oxygens (including phenoxy) is 1. The number of anilines is 3. The zero-order valence-corrected chi connectivity index (χ0v) is 20.6. The summed E-state index contributed by atoms with van der Waals surface area (Å²) in [5.74, 6) is -0.382. The highest BCUT2D eigenvalue weighted by molar-refractivity contribution is 7.92. The van der Waals surface area contributed by atoms with E-state index in [1.165, 1.54) is 18.2 Å². The van der Waals surface area contributed by atoms with E-state index in [0.717, 1.165) is 30.2 Å². The van der Waals surface area contributed by atoms with E-state index in [9.17, 15) is 18.3 Å². The number of aromatic carboxylic acids is 1. The number of carbonyl (C=O) groups is 1. The minimum Gasteiger partial charge on any atom is -0.497 e. The second-order valence-electron chi connectivity index (χ2n) is 8.27. The number of nitrogens with zero attached hydrogens (tertiary/aromatic N) is 2. The van der Waals surface area contributed by atoms with E-state index in [-0.39, 0.29) is 16.1 Å². The van der Waals surface area contributed by atoms with Gasteiger partial charge in [-0.1, -0.05) is 25.1 Å². The summed E-state index contributed by atoms with van der Waals surface area (Å²) in [4.78, 5) is 16.5. The van der Waals surface area contributed by atoms with Crippen molar-refractivity contribution < 1.29 is 23.1 Å². The van der Waals surface area contributed by atoms with Crippen LogP contribution in [0.3, 0.4) is 0 Å². The predicted octanol–water partition coefficient (Wildman–Crippen LogP) is 4.08. The molecule has 0 aromatic heterocycles. The van der Waals surface area contributed by atoms with E-state index < -0.39 is 16.0 Å². The molecule has 3 aromatic carbocycles. The monoisotopic (exact) mass is 495 g/mol. The topological polar surface area (TPSA) is 99.2 Å². The Balaban J connectivity index is 1.51. The van der Waals surface area contributed by atoms with Crippen molar-refractivity contribution in [1.82, 2.24) is 0 Å². The molecule has 35 heavy (non-hydrogen) atoms. The number of aryl methyl sites for hydroxylation is 1. The quantitative estimate of drug-likeness (QED) is 0.486. The summed E-state index contributed by atoms with van der Waals surface area (Å²) in [7, 11) is -2.30. The molecule has 0 radical (unpaired) electrons. The molecule has 2 N–H and O–H groups in total. The fraction of sp³-hybridized carbons (Fsp3) is 0.269. The normalized spacial score (nSPS) is 14.0. The van der Waals surface area contributed by atoms with Crippen molar-refractivity contribution in [2.45, 2.75) is 18.2 Å². The maximum atomic E-state index is 13.0. The summed E-state index contributed by atoms with van der Waals surface area (Å²) < 4.78 is 33.8. The number of carboxylic acids is 1. The Kier molecular flexibility index (Phi) is 7.16. The van der Waals surface area contributed by atoms with E-state index in [2.05, 4.69) is 14.5 Å². The fourth-order valence-electron chi connectivity index (χ4n) is 4.27. The number of piperazine rings is 1. The highest BCUT2D eigenvalue weighted by Crippen LogP contribution is 2.28. The molecule has 3 aromatic rings. The maximum absolute atomic E-state index is 13.0. The number of benzene rings is 3. The number of carboxylic acid groups (broad SMARTS) is 1. The Labute approximate surface area is 205 Å². The van der Waals surface area contributed by atoms with E-state index >= 15 is 0 Å². The predicted molar refractivity (Wildman–Crippen MR) is 137 cm³/mol. The minimum absolute atomic E-state index is 0.0454. The Morgan fingerprint density at radius 1 is 0.943 bits per heavy atom. The van der Waals surface area contributed by atoms with Gasteiger partial charge in [0.25, 0.3) is 10.0 Å². The minimum atomic E-state index is -3.94. The highest BCUT2D eigenvalue weighted by atomic mass is 32.2. The number of hydrogen-bond acceptors (Lipinski definition) is 6. The number of nitrogens with one attached hydrogen (secondary N) is 1. The van der Waals surface area contributed by atoms with Crippen LogP contribution in [-0.2, 0) is 16.4 Å². The molecular formula is C26H29N3O5S. The number of sulfonamides is 1. The molecule has 1 aliphatic rings. The van der Waals surface area contributed by atoms with Crippen molar-refractivity contribution >= 4 is 33.1 Å². The molecule has 0 unspecified atom stereocenters. The van der Waals surface area contributed by atoms with Crippen LogP contribution in [0.15, 0.2) is 71.6 Å². The van der Waals surface area contributed by atoms with Gasteiger partial charge in [-0.25, -0.2) is 13.2 Å². The van der Waals surface area contributed by atoms with Crippen molar-refractivity contribution in [3.8, 4) is 5.75 Å². The van der Waals surface area contributed by atoms with Crippen LogP contribution in [0.1, 0.15) is 22.8 Å². The molecule has 8 nitrogen and oxygen atoms in total. The number of rotatable bonds is 8. The first-order chi connectivity index (χ1) is 16.8. The second kappa shape index (κ2) is 10.3. The molecular weight excluding hydrogens is 466 g/mol. The summed E-state index contributed by atoms with van der Waals surface area (Å²) in [6.45, 7) is 4.84. The van der Waals surface area contributed by atoms with Crippen LogP contribution in [-0.4, -0.2) is 52.8 Å². The molecule has 0 spiro atoms. The summed E-state index contributed by atoms with van der Waals surface area (Å²) in [6, 6.07) is 19.4. The van der Waals surface area contributed by atoms with Gasteiger partial charge in [0.15, 0.2) is 0 Å². The van der Waals surface area contributed by atoms with Gasteiger partial charge in [0.2, 0.25) is 0 Å². The van der Waals surface area contributed by atoms with Crippen molar-refractivity contribution in [2.24, 2.45) is 0 Å². The molecule has 184 valence electrons. The zero-order chi connectivity index (χ0) is 25.0. The third kappa shape index (κ3) is 5.35. The van der Waals surface area contributed by atoms with Gasteiger partial charge < -0.3 is 19.6 Å². The molecule has 1 saturated heterocycles. The van der Waals surface area contributed by atoms with E-state index in [1.807, 2.05) is 31.2 Å². The average Bonchev–Trinajstić information content (AvgIpc) is 2.88. The first-order valence-electron chi connectivity index (χ1n) is 11.4. The highest BCUT2D eigenvalue weighted by Gasteiger charge is 2.23. The molecule has 0 bridgehead atoms. The lowest BCUT2D eigenvalue weighted by Gasteiger charge is -2.37. The summed E-state index contributed by atoms with van der Waals surface area (Å²) in [6.07, 6.45) is 0.546. The van der Waals surface area contributed by atoms with Crippen LogP contribution in [0.4, 0.5) is 17.1 Å². The summed E-state index contributed by atoms with van der Waals surface area (Å²) in [5.41, 5.74) is 2.48. The molecule has 9 heteroatoms. The van der Waals surface area contributed by atoms with Crippen LogP contribution in [0.5, 0.6) is 5.75 Å². The largest absolute Gasteiger partial charge is 0.497 e. The van der Waals surface area contributed by atoms with E-state index in [1.54, 1.807) is 31.4 Å². The Morgan fingerprint density at radius 2 is 1.54 bits per heavy atom. The summed E-state index contributed by atoms with van der Waals surface area (Å²) >= 11 is 0. The van der Waals surface area contributed by atoms with Crippen LogP contribution in [0, 0.1) is 0 Å². The molecule has 0 amide bonds. The Hall–Kier alpha value is -3.72. The van der Waals surface area contributed by atoms with Crippen molar-refractivity contribution in [3.63, 3.8) is 0 Å². The number of hydrogen-bond donors (Lipinski definition) is 2. The lowest BCUT2D eigenvalue weighted by atomic mass is 10.1. The van der Waals surface area contributed by atoms with E-state index in [0.29, 0.717) is 25.1 Å². The van der Waals surface area contributed by atoms with E-state index in [4.69, 9.17) is 4.74 Å². The third-order valence-corrected chi connectivity index (χ3v) is 7.67. The molecule has 1 fully saturated rings. The van der Waals surface area contributed by atoms with Gasteiger partial charge in [0.1, 0.15) is 5.75 Å². The molecule has 0 aliphatic carbocycles. The molecule has 0 saturated carbocycles. The average molecular weight is 496 g/mol. The Morgan fingerprint density at radius 3 is 2.14 bits per heavy atom. The van der Waals surface area contributed by atoms with Crippen molar-refractivity contribution in [3.05, 3.63) is 77.9 Å². The van der Waals surface area contributed by atoms with Gasteiger partial charge in [-0.3, -0.25) is 4.72 Å². The van der Waals surface area contributed by atoms with Crippen LogP contribution >= 0.6 is 0 Å². The van der Waals surface area contributed by atoms with Crippen molar-refractivity contribution in [2.75, 3.05) is 47.8 Å². The van der Waals surface area contributed by atoms with Gasteiger partial charge in [-0.05, 0) is 60.5 Å². The molecule has 0 atom stereocenters. The summed E-state index contributed by atoms with van der Waals surface area (Å²) in [5, 5.41) is 9.82. The molecule has 1 aliphatic heterocycles. The van der Waals surface area contributed by atoms with Gasteiger partial charge in [-0.15, -0.1) is 0 Å². The lowest BCUT2D eigenvalue weighted by molar-refractivity contribution is 0.0698.